The Kier molecular flexibility index (Phi) is 5.00. The molecule has 7 nitrogen and oxygen atoms in total. The van der Waals surface area contributed by atoms with E-state index in [1.807, 2.05) is 11.8 Å². The van der Waals surface area contributed by atoms with Gasteiger partial charge in [0, 0.05) is 32.0 Å². The summed E-state index contributed by atoms with van der Waals surface area (Å²) in [7, 11) is -3.18. The Balaban J connectivity index is 1.92. The minimum Gasteiger partial charge on any atom is -0.341 e. The van der Waals surface area contributed by atoms with E-state index in [0.717, 1.165) is 25.6 Å². The number of amides is 1. The molecule has 0 radical (unpaired) electrons. The number of aromatic nitrogens is 2. The summed E-state index contributed by atoms with van der Waals surface area (Å²) in [4.78, 5) is 14.3. The fourth-order valence-corrected chi connectivity index (χ4v) is 3.13. The Hall–Kier alpha value is -1.41. The molecule has 8 heteroatoms. The van der Waals surface area contributed by atoms with Crippen molar-refractivity contribution < 1.29 is 13.2 Å². The molecule has 0 spiro atoms. The molecule has 1 aromatic rings. The molecular formula is C13H22N4O3S. The van der Waals surface area contributed by atoms with Crippen molar-refractivity contribution in [1.82, 2.24) is 19.4 Å². The number of piperidine rings is 1. The number of carbonyl (C=O) groups is 1. The largest absolute Gasteiger partial charge is 0.341 e. The topological polar surface area (TPSA) is 84.3 Å². The summed E-state index contributed by atoms with van der Waals surface area (Å²) in [6.07, 6.45) is 6.41. The Morgan fingerprint density at radius 3 is 2.90 bits per heavy atom. The summed E-state index contributed by atoms with van der Waals surface area (Å²) in [6, 6.07) is 1.46. The van der Waals surface area contributed by atoms with E-state index in [-0.39, 0.29) is 17.9 Å². The maximum absolute atomic E-state index is 12.5. The van der Waals surface area contributed by atoms with Crippen molar-refractivity contribution in [2.45, 2.75) is 25.8 Å². The van der Waals surface area contributed by atoms with Gasteiger partial charge in [0.25, 0.3) is 0 Å². The summed E-state index contributed by atoms with van der Waals surface area (Å²) >= 11 is 0. The number of nitrogens with one attached hydrogen (secondary N) is 1. The van der Waals surface area contributed by atoms with Gasteiger partial charge in [0.1, 0.15) is 6.04 Å². The Morgan fingerprint density at radius 1 is 1.52 bits per heavy atom. The van der Waals surface area contributed by atoms with Crippen LogP contribution in [0.1, 0.15) is 25.8 Å². The Labute approximate surface area is 125 Å². The zero-order chi connectivity index (χ0) is 15.5. The Bertz CT molecular complexity index is 570. The van der Waals surface area contributed by atoms with E-state index < -0.39 is 10.0 Å². The molecule has 2 heterocycles. The molecular weight excluding hydrogens is 292 g/mol. The molecule has 1 saturated heterocycles. The Morgan fingerprint density at radius 2 is 2.29 bits per heavy atom. The normalized spacial score (nSPS) is 21.2. The molecule has 1 aliphatic rings. The van der Waals surface area contributed by atoms with Crippen LogP contribution in [0.15, 0.2) is 18.5 Å². The summed E-state index contributed by atoms with van der Waals surface area (Å²) in [5.74, 6) is 0.199. The quantitative estimate of drug-likeness (QED) is 0.843. The molecule has 0 unspecified atom stereocenters. The number of nitrogens with zero attached hydrogens (tertiary/aromatic N) is 3. The van der Waals surface area contributed by atoms with Crippen molar-refractivity contribution in [2.24, 2.45) is 5.92 Å². The molecule has 1 fully saturated rings. The maximum Gasteiger partial charge on any atom is 0.247 e. The van der Waals surface area contributed by atoms with Gasteiger partial charge < -0.3 is 4.90 Å². The zero-order valence-electron chi connectivity index (χ0n) is 12.4. The molecule has 0 aromatic carbocycles. The third-order valence-electron chi connectivity index (χ3n) is 3.74. The monoisotopic (exact) mass is 314 g/mol. The zero-order valence-corrected chi connectivity index (χ0v) is 13.2. The highest BCUT2D eigenvalue weighted by atomic mass is 32.2. The van der Waals surface area contributed by atoms with Gasteiger partial charge in [-0.3, -0.25) is 9.48 Å². The van der Waals surface area contributed by atoms with Crippen LogP contribution < -0.4 is 4.72 Å². The average molecular weight is 314 g/mol. The maximum atomic E-state index is 12.5. The van der Waals surface area contributed by atoms with Gasteiger partial charge in [0.05, 0.1) is 6.26 Å². The van der Waals surface area contributed by atoms with Crippen LogP contribution in [-0.4, -0.2) is 54.9 Å². The molecule has 1 amide bonds. The SMILES string of the molecule is C[C@H](C(=O)N1CCC[C@@H](CNS(C)(=O)=O)C1)n1cccn1. The van der Waals surface area contributed by atoms with Gasteiger partial charge >= 0.3 is 0 Å². The van der Waals surface area contributed by atoms with E-state index in [0.29, 0.717) is 13.1 Å². The first-order valence-electron chi connectivity index (χ1n) is 7.09. The van der Waals surface area contributed by atoms with E-state index in [9.17, 15) is 13.2 Å². The van der Waals surface area contributed by atoms with Crippen LogP contribution in [0.2, 0.25) is 0 Å². The number of sulfonamides is 1. The number of likely N-dealkylation sites (tertiary alicyclic amines) is 1. The highest BCUT2D eigenvalue weighted by Crippen LogP contribution is 2.19. The molecule has 1 aliphatic heterocycles. The second kappa shape index (κ2) is 6.57. The molecule has 0 bridgehead atoms. The van der Waals surface area contributed by atoms with Crippen LogP contribution in [0.25, 0.3) is 0 Å². The van der Waals surface area contributed by atoms with Crippen molar-refractivity contribution in [3.63, 3.8) is 0 Å². The number of carbonyl (C=O) groups excluding carboxylic acids is 1. The third kappa shape index (κ3) is 4.53. The highest BCUT2D eigenvalue weighted by Gasteiger charge is 2.28. The molecule has 1 aromatic heterocycles. The lowest BCUT2D eigenvalue weighted by Crippen LogP contribution is -2.45. The molecule has 118 valence electrons. The lowest BCUT2D eigenvalue weighted by Gasteiger charge is -2.34. The molecule has 0 saturated carbocycles. The fourth-order valence-electron chi connectivity index (χ4n) is 2.59. The van der Waals surface area contributed by atoms with E-state index in [4.69, 9.17) is 0 Å². The van der Waals surface area contributed by atoms with E-state index in [2.05, 4.69) is 9.82 Å². The number of hydrogen-bond donors (Lipinski definition) is 1. The fraction of sp³-hybridized carbons (Fsp3) is 0.692. The van der Waals surface area contributed by atoms with E-state index >= 15 is 0 Å². The second-order valence-corrected chi connectivity index (χ2v) is 7.41. The summed E-state index contributed by atoms with van der Waals surface area (Å²) in [6.45, 7) is 3.53. The van der Waals surface area contributed by atoms with Gasteiger partial charge in [-0.2, -0.15) is 5.10 Å². The first-order valence-corrected chi connectivity index (χ1v) is 8.98. The summed E-state index contributed by atoms with van der Waals surface area (Å²) in [5.41, 5.74) is 0. The molecule has 2 atom stereocenters. The lowest BCUT2D eigenvalue weighted by molar-refractivity contribution is -0.136. The lowest BCUT2D eigenvalue weighted by atomic mass is 9.98. The van der Waals surface area contributed by atoms with Gasteiger partial charge in [0.15, 0.2) is 0 Å². The highest BCUT2D eigenvalue weighted by molar-refractivity contribution is 7.88. The molecule has 0 aliphatic carbocycles. The van der Waals surface area contributed by atoms with Crippen molar-refractivity contribution in [1.29, 1.82) is 0 Å². The average Bonchev–Trinajstić information content (AvgIpc) is 2.97. The molecule has 2 rings (SSSR count). The third-order valence-corrected chi connectivity index (χ3v) is 4.43. The first kappa shape index (κ1) is 16.0. The van der Waals surface area contributed by atoms with Gasteiger partial charge in [-0.05, 0) is 31.7 Å². The predicted molar refractivity (Wildman–Crippen MR) is 79.1 cm³/mol. The van der Waals surface area contributed by atoms with Crippen LogP contribution in [0.3, 0.4) is 0 Å². The van der Waals surface area contributed by atoms with Crippen molar-refractivity contribution in [2.75, 3.05) is 25.9 Å². The first-order chi connectivity index (χ1) is 9.87. The van der Waals surface area contributed by atoms with Gasteiger partial charge in [-0.25, -0.2) is 13.1 Å². The number of rotatable bonds is 5. The standard InChI is InChI=1S/C13H22N4O3S/c1-11(17-8-4-6-14-17)13(18)16-7-3-5-12(10-16)9-15-21(2,19)20/h4,6,8,11-12,15H,3,5,7,9-10H2,1-2H3/t11-,12+/m1/s1. The summed E-state index contributed by atoms with van der Waals surface area (Å²) in [5, 5.41) is 4.10. The van der Waals surface area contributed by atoms with Crippen molar-refractivity contribution in [3.05, 3.63) is 18.5 Å². The van der Waals surface area contributed by atoms with Crippen LogP contribution in [0, 0.1) is 5.92 Å². The van der Waals surface area contributed by atoms with Crippen molar-refractivity contribution in [3.8, 4) is 0 Å². The van der Waals surface area contributed by atoms with E-state index in [1.165, 1.54) is 0 Å². The van der Waals surface area contributed by atoms with Gasteiger partial charge in [-0.15, -0.1) is 0 Å². The van der Waals surface area contributed by atoms with Crippen molar-refractivity contribution >= 4 is 15.9 Å². The van der Waals surface area contributed by atoms with Gasteiger partial charge in [-0.1, -0.05) is 0 Å². The smallest absolute Gasteiger partial charge is 0.247 e. The van der Waals surface area contributed by atoms with Gasteiger partial charge in [0.2, 0.25) is 15.9 Å². The molecule has 1 N–H and O–H groups in total. The second-order valence-electron chi connectivity index (χ2n) is 5.58. The van der Waals surface area contributed by atoms with Crippen LogP contribution in [-0.2, 0) is 14.8 Å². The minimum absolute atomic E-state index is 0.0303. The van der Waals surface area contributed by atoms with Crippen LogP contribution in [0.4, 0.5) is 0 Å². The van der Waals surface area contributed by atoms with E-state index in [1.54, 1.807) is 23.1 Å². The minimum atomic E-state index is -3.18. The van der Waals surface area contributed by atoms with Crippen LogP contribution >= 0.6 is 0 Å². The number of hydrogen-bond acceptors (Lipinski definition) is 4. The molecule has 21 heavy (non-hydrogen) atoms. The predicted octanol–water partition coefficient (Wildman–Crippen LogP) is 0.232. The van der Waals surface area contributed by atoms with Crippen LogP contribution in [0.5, 0.6) is 0 Å². The summed E-state index contributed by atoms with van der Waals surface area (Å²) < 4.78 is 26.5.